The highest BCUT2D eigenvalue weighted by atomic mass is 15.1. The Morgan fingerprint density at radius 1 is 1.50 bits per heavy atom. The third-order valence-electron chi connectivity index (χ3n) is 1.46. The molecule has 1 fully saturated rings. The summed E-state index contributed by atoms with van der Waals surface area (Å²) in [5.74, 6) is 0. The van der Waals surface area contributed by atoms with Gasteiger partial charge in [0.05, 0.1) is 12.6 Å². The first-order valence-electron chi connectivity index (χ1n) is 3.30. The van der Waals surface area contributed by atoms with Gasteiger partial charge < -0.3 is 0 Å². The van der Waals surface area contributed by atoms with Crippen molar-refractivity contribution in [3.05, 3.63) is 0 Å². The van der Waals surface area contributed by atoms with Crippen LogP contribution in [-0.2, 0) is 0 Å². The van der Waals surface area contributed by atoms with Crippen molar-refractivity contribution >= 4 is 0 Å². The zero-order chi connectivity index (χ0) is 5.82. The van der Waals surface area contributed by atoms with Crippen molar-refractivity contribution in [1.29, 1.82) is 0 Å². The first-order chi connectivity index (χ1) is 3.93. The molecule has 0 aliphatic heterocycles. The van der Waals surface area contributed by atoms with Gasteiger partial charge in [0.1, 0.15) is 0 Å². The molecule has 0 aromatic heterocycles. The summed E-state index contributed by atoms with van der Waals surface area (Å²) in [7, 11) is 0. The lowest BCUT2D eigenvalue weighted by Gasteiger charge is -2.18. The molecule has 0 bridgehead atoms. The van der Waals surface area contributed by atoms with Crippen LogP contribution in [0.3, 0.4) is 0 Å². The van der Waals surface area contributed by atoms with Gasteiger partial charge in [-0.05, 0) is 26.2 Å². The summed E-state index contributed by atoms with van der Waals surface area (Å²) in [6.45, 7) is 2.86. The molecule has 0 saturated heterocycles. The molecule has 2 nitrogen and oxygen atoms in total. The minimum atomic E-state index is 0.593. The zero-order valence-electron chi connectivity index (χ0n) is 5.30. The van der Waals surface area contributed by atoms with Crippen LogP contribution in [0.5, 0.6) is 0 Å². The van der Waals surface area contributed by atoms with E-state index in [-0.39, 0.29) is 0 Å². The molecule has 0 N–H and O–H groups in total. The maximum absolute atomic E-state index is 4.07. The van der Waals surface area contributed by atoms with Gasteiger partial charge >= 0.3 is 0 Å². The number of azo groups is 1. The molecule has 8 heavy (non-hydrogen) atoms. The molecule has 0 radical (unpaired) electrons. The van der Waals surface area contributed by atoms with Gasteiger partial charge in [-0.1, -0.05) is 0 Å². The molecule has 0 amide bonds. The minimum Gasteiger partial charge on any atom is -0.194 e. The Hall–Kier alpha value is -0.400. The SMILES string of the molecule is CCN=NC1CCC1. The van der Waals surface area contributed by atoms with Gasteiger partial charge in [-0.15, -0.1) is 0 Å². The van der Waals surface area contributed by atoms with Crippen molar-refractivity contribution in [3.63, 3.8) is 0 Å². The lowest BCUT2D eigenvalue weighted by Crippen LogP contribution is -2.13. The van der Waals surface area contributed by atoms with Crippen molar-refractivity contribution < 1.29 is 0 Å². The van der Waals surface area contributed by atoms with E-state index in [1.54, 1.807) is 0 Å². The second kappa shape index (κ2) is 2.80. The molecule has 1 aliphatic carbocycles. The molecular formula is C6H12N2. The van der Waals surface area contributed by atoms with Gasteiger partial charge in [-0.3, -0.25) is 0 Å². The van der Waals surface area contributed by atoms with Gasteiger partial charge in [0.15, 0.2) is 0 Å². The highest BCUT2D eigenvalue weighted by molar-refractivity contribution is 4.73. The first-order valence-corrected chi connectivity index (χ1v) is 3.30. The molecular weight excluding hydrogens is 100 g/mol. The fourth-order valence-electron chi connectivity index (χ4n) is 0.699. The van der Waals surface area contributed by atoms with Crippen molar-refractivity contribution in [3.8, 4) is 0 Å². The molecule has 0 aromatic rings. The van der Waals surface area contributed by atoms with E-state index in [1.807, 2.05) is 6.92 Å². The monoisotopic (exact) mass is 112 g/mol. The Morgan fingerprint density at radius 2 is 2.25 bits per heavy atom. The molecule has 0 aromatic carbocycles. The van der Waals surface area contributed by atoms with Gasteiger partial charge in [0.25, 0.3) is 0 Å². The molecule has 1 saturated carbocycles. The first kappa shape index (κ1) is 5.73. The van der Waals surface area contributed by atoms with Crippen LogP contribution in [0.1, 0.15) is 26.2 Å². The van der Waals surface area contributed by atoms with Crippen molar-refractivity contribution in [2.45, 2.75) is 32.2 Å². The maximum Gasteiger partial charge on any atom is 0.0708 e. The fourth-order valence-corrected chi connectivity index (χ4v) is 0.699. The lowest BCUT2D eigenvalue weighted by atomic mass is 9.94. The highest BCUT2D eigenvalue weighted by Gasteiger charge is 2.15. The van der Waals surface area contributed by atoms with Crippen molar-refractivity contribution in [2.24, 2.45) is 10.2 Å². The fraction of sp³-hybridized carbons (Fsp3) is 1.00. The molecule has 46 valence electrons. The van der Waals surface area contributed by atoms with E-state index in [1.165, 1.54) is 19.3 Å². The third-order valence-corrected chi connectivity index (χ3v) is 1.46. The molecule has 1 rings (SSSR count). The molecule has 0 spiro atoms. The van der Waals surface area contributed by atoms with E-state index >= 15 is 0 Å². The Morgan fingerprint density at radius 3 is 2.62 bits per heavy atom. The second-order valence-electron chi connectivity index (χ2n) is 2.16. The van der Waals surface area contributed by atoms with Gasteiger partial charge in [-0.2, -0.15) is 10.2 Å². The number of nitrogens with zero attached hydrogens (tertiary/aromatic N) is 2. The van der Waals surface area contributed by atoms with Crippen LogP contribution < -0.4 is 0 Å². The van der Waals surface area contributed by atoms with Crippen LogP contribution in [0.2, 0.25) is 0 Å². The summed E-state index contributed by atoms with van der Waals surface area (Å²) in [5, 5.41) is 7.99. The van der Waals surface area contributed by atoms with Crippen molar-refractivity contribution in [2.75, 3.05) is 6.54 Å². The van der Waals surface area contributed by atoms with E-state index in [0.717, 1.165) is 6.54 Å². The summed E-state index contributed by atoms with van der Waals surface area (Å²) in [6.07, 6.45) is 3.89. The third kappa shape index (κ3) is 1.29. The summed E-state index contributed by atoms with van der Waals surface area (Å²) in [4.78, 5) is 0. The smallest absolute Gasteiger partial charge is 0.0708 e. The Balaban J connectivity index is 2.08. The maximum atomic E-state index is 4.07. The zero-order valence-corrected chi connectivity index (χ0v) is 5.30. The standard InChI is InChI=1S/C6H12N2/c1-2-7-8-6-4-3-5-6/h6H,2-5H2,1H3. The molecule has 0 heterocycles. The minimum absolute atomic E-state index is 0.593. The van der Waals surface area contributed by atoms with E-state index in [0.29, 0.717) is 6.04 Å². The van der Waals surface area contributed by atoms with Gasteiger partial charge in [0, 0.05) is 0 Å². The Bertz CT molecular complexity index is 84.5. The quantitative estimate of drug-likeness (QED) is 0.488. The molecule has 2 heteroatoms. The summed E-state index contributed by atoms with van der Waals surface area (Å²) in [5.41, 5.74) is 0. The Kier molecular flexibility index (Phi) is 2.00. The van der Waals surface area contributed by atoms with E-state index in [9.17, 15) is 0 Å². The lowest BCUT2D eigenvalue weighted by molar-refractivity contribution is 0.402. The largest absolute Gasteiger partial charge is 0.194 e. The topological polar surface area (TPSA) is 24.7 Å². The molecule has 0 atom stereocenters. The van der Waals surface area contributed by atoms with Crippen LogP contribution in [0, 0.1) is 0 Å². The van der Waals surface area contributed by atoms with Crippen LogP contribution >= 0.6 is 0 Å². The number of rotatable bonds is 2. The highest BCUT2D eigenvalue weighted by Crippen LogP contribution is 2.21. The summed E-state index contributed by atoms with van der Waals surface area (Å²) >= 11 is 0. The average molecular weight is 112 g/mol. The van der Waals surface area contributed by atoms with Gasteiger partial charge in [-0.25, -0.2) is 0 Å². The van der Waals surface area contributed by atoms with Crippen LogP contribution in [0.4, 0.5) is 0 Å². The summed E-state index contributed by atoms with van der Waals surface area (Å²) in [6, 6.07) is 0.593. The predicted molar refractivity (Wildman–Crippen MR) is 33.0 cm³/mol. The van der Waals surface area contributed by atoms with Crippen LogP contribution in [0.15, 0.2) is 10.2 Å². The molecule has 0 unspecified atom stereocenters. The van der Waals surface area contributed by atoms with Crippen LogP contribution in [-0.4, -0.2) is 12.6 Å². The normalized spacial score (nSPS) is 21.6. The predicted octanol–water partition coefficient (Wildman–Crippen LogP) is 2.01. The summed E-state index contributed by atoms with van der Waals surface area (Å²) < 4.78 is 0. The Labute approximate surface area is 50.0 Å². The van der Waals surface area contributed by atoms with E-state index < -0.39 is 0 Å². The van der Waals surface area contributed by atoms with E-state index in [2.05, 4.69) is 10.2 Å². The number of hydrogen-bond acceptors (Lipinski definition) is 2. The van der Waals surface area contributed by atoms with Crippen molar-refractivity contribution in [1.82, 2.24) is 0 Å². The molecule has 1 aliphatic rings. The number of hydrogen-bond donors (Lipinski definition) is 0. The van der Waals surface area contributed by atoms with E-state index in [4.69, 9.17) is 0 Å². The van der Waals surface area contributed by atoms with Crippen LogP contribution in [0.25, 0.3) is 0 Å². The second-order valence-corrected chi connectivity index (χ2v) is 2.16. The average Bonchev–Trinajstić information content (AvgIpc) is 1.63. The van der Waals surface area contributed by atoms with Gasteiger partial charge in [0.2, 0.25) is 0 Å².